The lowest BCUT2D eigenvalue weighted by Gasteiger charge is -2.19. The number of thiophene rings is 1. The second-order valence-electron chi connectivity index (χ2n) is 6.85. The van der Waals surface area contributed by atoms with E-state index < -0.39 is 0 Å². The van der Waals surface area contributed by atoms with E-state index >= 15 is 0 Å². The van der Waals surface area contributed by atoms with Crippen LogP contribution in [0.3, 0.4) is 0 Å². The van der Waals surface area contributed by atoms with E-state index in [-0.39, 0.29) is 11.9 Å². The lowest BCUT2D eigenvalue weighted by molar-refractivity contribution is -0.120. The normalized spacial score (nSPS) is 12.6. The monoisotopic (exact) mass is 344 g/mol. The molecule has 0 unspecified atom stereocenters. The number of nitrogens with one attached hydrogen (secondary N) is 2. The van der Waals surface area contributed by atoms with Crippen molar-refractivity contribution in [3.05, 3.63) is 57.8 Å². The highest BCUT2D eigenvalue weighted by Crippen LogP contribution is 2.27. The fourth-order valence-electron chi connectivity index (χ4n) is 2.49. The van der Waals surface area contributed by atoms with Gasteiger partial charge in [-0.15, -0.1) is 11.3 Å². The Bertz CT molecular complexity index is 618. The summed E-state index contributed by atoms with van der Waals surface area (Å²) in [6, 6.07) is 12.9. The molecular weight excluding hydrogens is 316 g/mol. The van der Waals surface area contributed by atoms with Crippen molar-refractivity contribution in [3.63, 3.8) is 0 Å². The summed E-state index contributed by atoms with van der Waals surface area (Å²) in [6.07, 6.45) is 0. The van der Waals surface area contributed by atoms with E-state index in [9.17, 15) is 4.79 Å². The highest BCUT2D eigenvalue weighted by molar-refractivity contribution is 7.10. The molecule has 0 saturated carbocycles. The molecule has 4 heteroatoms. The molecule has 0 spiro atoms. The van der Waals surface area contributed by atoms with Crippen molar-refractivity contribution < 1.29 is 4.79 Å². The summed E-state index contributed by atoms with van der Waals surface area (Å²) in [5.41, 5.74) is 2.52. The second-order valence-corrected chi connectivity index (χ2v) is 7.83. The Balaban J connectivity index is 2.07. The summed E-state index contributed by atoms with van der Waals surface area (Å²) in [4.78, 5) is 13.3. The third-order valence-corrected chi connectivity index (χ3v) is 4.88. The smallest absolute Gasteiger partial charge is 0.233 e. The highest BCUT2D eigenvalue weighted by Gasteiger charge is 2.16. The van der Waals surface area contributed by atoms with Crippen molar-refractivity contribution in [3.8, 4) is 0 Å². The number of amides is 1. The maximum Gasteiger partial charge on any atom is 0.233 e. The molecule has 0 aliphatic carbocycles. The fraction of sp³-hybridized carbons (Fsp3) is 0.450. The van der Waals surface area contributed by atoms with Gasteiger partial charge in [0.15, 0.2) is 0 Å². The molecule has 24 heavy (non-hydrogen) atoms. The molecule has 1 atom stereocenters. The van der Waals surface area contributed by atoms with Gasteiger partial charge in [0.25, 0.3) is 0 Å². The summed E-state index contributed by atoms with van der Waals surface area (Å²) in [6.45, 7) is 9.62. The average molecular weight is 345 g/mol. The Kier molecular flexibility index (Phi) is 7.00. The molecule has 0 saturated heterocycles. The summed E-state index contributed by atoms with van der Waals surface area (Å²) in [7, 11) is 0. The SMILES string of the molecule is CC(C)CNC(=O)CN[C@H](c1ccc(C(C)C)cc1)c1cccs1. The summed E-state index contributed by atoms with van der Waals surface area (Å²) in [5.74, 6) is 1.03. The Hall–Kier alpha value is -1.65. The van der Waals surface area contributed by atoms with E-state index in [1.54, 1.807) is 11.3 Å². The molecule has 0 aliphatic heterocycles. The lowest BCUT2D eigenvalue weighted by atomic mass is 9.98. The molecule has 2 rings (SSSR count). The lowest BCUT2D eigenvalue weighted by Crippen LogP contribution is -2.37. The third kappa shape index (κ3) is 5.46. The van der Waals surface area contributed by atoms with Gasteiger partial charge in [0.2, 0.25) is 5.91 Å². The van der Waals surface area contributed by atoms with Crippen molar-refractivity contribution >= 4 is 17.2 Å². The van der Waals surface area contributed by atoms with E-state index in [2.05, 4.69) is 80.1 Å². The number of carbonyl (C=O) groups is 1. The van der Waals surface area contributed by atoms with Crippen molar-refractivity contribution in [2.24, 2.45) is 5.92 Å². The molecule has 2 aromatic rings. The van der Waals surface area contributed by atoms with Crippen LogP contribution in [0.2, 0.25) is 0 Å². The van der Waals surface area contributed by atoms with Crippen molar-refractivity contribution in [2.45, 2.75) is 39.7 Å². The van der Waals surface area contributed by atoms with Crippen LogP contribution < -0.4 is 10.6 Å². The number of rotatable bonds is 8. The van der Waals surface area contributed by atoms with Crippen LogP contribution in [0.4, 0.5) is 0 Å². The summed E-state index contributed by atoms with van der Waals surface area (Å²) in [5, 5.41) is 8.44. The van der Waals surface area contributed by atoms with Crippen LogP contribution in [0.15, 0.2) is 41.8 Å². The Morgan fingerprint density at radius 1 is 1.04 bits per heavy atom. The van der Waals surface area contributed by atoms with Gasteiger partial charge in [0.1, 0.15) is 0 Å². The first-order valence-electron chi connectivity index (χ1n) is 8.60. The van der Waals surface area contributed by atoms with Crippen LogP contribution in [-0.2, 0) is 4.79 Å². The fourth-order valence-corrected chi connectivity index (χ4v) is 3.31. The van der Waals surface area contributed by atoms with E-state index in [1.165, 1.54) is 16.0 Å². The number of carbonyl (C=O) groups excluding carboxylic acids is 1. The molecule has 0 radical (unpaired) electrons. The molecule has 0 aliphatic rings. The second kappa shape index (κ2) is 9.00. The van der Waals surface area contributed by atoms with E-state index in [0.29, 0.717) is 24.9 Å². The van der Waals surface area contributed by atoms with Crippen LogP contribution in [-0.4, -0.2) is 19.0 Å². The van der Waals surface area contributed by atoms with Gasteiger partial charge in [-0.2, -0.15) is 0 Å². The highest BCUT2D eigenvalue weighted by atomic mass is 32.1. The van der Waals surface area contributed by atoms with Gasteiger partial charge < -0.3 is 5.32 Å². The molecule has 2 N–H and O–H groups in total. The Morgan fingerprint density at radius 3 is 2.25 bits per heavy atom. The predicted octanol–water partition coefficient (Wildman–Crippen LogP) is 4.32. The molecule has 1 aromatic carbocycles. The van der Waals surface area contributed by atoms with E-state index in [1.807, 2.05) is 0 Å². The molecule has 0 bridgehead atoms. The largest absolute Gasteiger partial charge is 0.355 e. The molecule has 1 amide bonds. The molecule has 3 nitrogen and oxygen atoms in total. The van der Waals surface area contributed by atoms with Crippen molar-refractivity contribution in [1.29, 1.82) is 0 Å². The van der Waals surface area contributed by atoms with Crippen LogP contribution >= 0.6 is 11.3 Å². The van der Waals surface area contributed by atoms with Crippen LogP contribution in [0, 0.1) is 5.92 Å². The molecule has 1 aromatic heterocycles. The van der Waals surface area contributed by atoms with Gasteiger partial charge in [-0.25, -0.2) is 0 Å². The number of hydrogen-bond acceptors (Lipinski definition) is 3. The van der Waals surface area contributed by atoms with Gasteiger partial charge in [-0.1, -0.05) is 58.0 Å². The zero-order valence-electron chi connectivity index (χ0n) is 15.0. The number of hydrogen-bond donors (Lipinski definition) is 2. The quantitative estimate of drug-likeness (QED) is 0.749. The van der Waals surface area contributed by atoms with Gasteiger partial charge in [-0.05, 0) is 34.4 Å². The minimum absolute atomic E-state index is 0.0454. The zero-order chi connectivity index (χ0) is 17.5. The standard InChI is InChI=1S/C20H28N2OS/c1-14(2)12-21-19(23)13-22-20(18-6-5-11-24-18)17-9-7-16(8-10-17)15(3)4/h5-11,14-15,20,22H,12-13H2,1-4H3,(H,21,23)/t20-/m1/s1. The van der Waals surface area contributed by atoms with E-state index in [0.717, 1.165) is 0 Å². The van der Waals surface area contributed by atoms with Gasteiger partial charge in [0, 0.05) is 11.4 Å². The first kappa shape index (κ1) is 18.7. The number of benzene rings is 1. The maximum atomic E-state index is 12.0. The minimum atomic E-state index is 0.0454. The first-order chi connectivity index (χ1) is 11.5. The van der Waals surface area contributed by atoms with Crippen molar-refractivity contribution in [2.75, 3.05) is 13.1 Å². The van der Waals surface area contributed by atoms with Gasteiger partial charge >= 0.3 is 0 Å². The molecule has 130 valence electrons. The molecular formula is C20H28N2OS. The summed E-state index contributed by atoms with van der Waals surface area (Å²) < 4.78 is 0. The minimum Gasteiger partial charge on any atom is -0.355 e. The molecule has 0 fully saturated rings. The van der Waals surface area contributed by atoms with Crippen LogP contribution in [0.25, 0.3) is 0 Å². The predicted molar refractivity (Wildman–Crippen MR) is 103 cm³/mol. The van der Waals surface area contributed by atoms with Crippen LogP contribution in [0.5, 0.6) is 0 Å². The van der Waals surface area contributed by atoms with E-state index in [4.69, 9.17) is 0 Å². The Morgan fingerprint density at radius 2 is 1.71 bits per heavy atom. The first-order valence-corrected chi connectivity index (χ1v) is 9.48. The summed E-state index contributed by atoms with van der Waals surface area (Å²) >= 11 is 1.71. The van der Waals surface area contributed by atoms with Gasteiger partial charge in [-0.3, -0.25) is 10.1 Å². The Labute approximate surface area is 149 Å². The third-order valence-electron chi connectivity index (χ3n) is 3.94. The van der Waals surface area contributed by atoms with Crippen LogP contribution in [0.1, 0.15) is 55.7 Å². The zero-order valence-corrected chi connectivity index (χ0v) is 15.8. The topological polar surface area (TPSA) is 41.1 Å². The average Bonchev–Trinajstić information content (AvgIpc) is 3.08. The maximum absolute atomic E-state index is 12.0. The molecule has 1 heterocycles. The van der Waals surface area contributed by atoms with Crippen molar-refractivity contribution in [1.82, 2.24) is 10.6 Å². The van der Waals surface area contributed by atoms with Gasteiger partial charge in [0.05, 0.1) is 12.6 Å².